The highest BCUT2D eigenvalue weighted by Crippen LogP contribution is 2.19. The fourth-order valence-electron chi connectivity index (χ4n) is 2.62. The van der Waals surface area contributed by atoms with Crippen LogP contribution in [0.2, 0.25) is 0 Å². The number of piperazine rings is 1. The minimum absolute atomic E-state index is 0.150. The lowest BCUT2D eigenvalue weighted by atomic mass is 10.2. The van der Waals surface area contributed by atoms with Crippen molar-refractivity contribution in [1.82, 2.24) is 19.5 Å². The van der Waals surface area contributed by atoms with Crippen molar-refractivity contribution in [3.8, 4) is 0 Å². The molecule has 0 saturated carbocycles. The molecule has 1 aliphatic rings. The average Bonchev–Trinajstić information content (AvgIpc) is 3.01. The van der Waals surface area contributed by atoms with Gasteiger partial charge < -0.3 is 9.64 Å². The van der Waals surface area contributed by atoms with E-state index in [1.165, 1.54) is 7.11 Å². The first-order valence-electron chi connectivity index (χ1n) is 7.10. The van der Waals surface area contributed by atoms with E-state index in [4.69, 9.17) is 0 Å². The van der Waals surface area contributed by atoms with Gasteiger partial charge >= 0.3 is 5.97 Å². The van der Waals surface area contributed by atoms with Gasteiger partial charge in [-0.3, -0.25) is 9.69 Å². The van der Waals surface area contributed by atoms with Crippen molar-refractivity contribution in [2.24, 2.45) is 0 Å². The monoisotopic (exact) mass is 289 g/mol. The van der Waals surface area contributed by atoms with Crippen molar-refractivity contribution in [3.05, 3.63) is 24.7 Å². The maximum absolute atomic E-state index is 11.2. The first-order valence-corrected chi connectivity index (χ1v) is 7.10. The van der Waals surface area contributed by atoms with E-state index in [9.17, 15) is 4.79 Å². The molecule has 0 aliphatic carbocycles. The zero-order chi connectivity index (χ0) is 14.7. The van der Waals surface area contributed by atoms with E-state index in [0.717, 1.165) is 44.1 Å². The zero-order valence-corrected chi connectivity index (χ0v) is 12.1. The molecule has 112 valence electrons. The Morgan fingerprint density at radius 1 is 1.29 bits per heavy atom. The van der Waals surface area contributed by atoms with Gasteiger partial charge in [0.25, 0.3) is 0 Å². The number of nitrogens with zero attached hydrogens (tertiary/aromatic N) is 5. The lowest BCUT2D eigenvalue weighted by molar-refractivity contribution is -0.141. The lowest BCUT2D eigenvalue weighted by Crippen LogP contribution is -2.47. The fourth-order valence-corrected chi connectivity index (χ4v) is 2.62. The normalized spacial score (nSPS) is 16.3. The van der Waals surface area contributed by atoms with Crippen LogP contribution in [0.4, 0.5) is 5.82 Å². The van der Waals surface area contributed by atoms with Crippen LogP contribution in [-0.4, -0.2) is 65.3 Å². The molecule has 0 amide bonds. The summed E-state index contributed by atoms with van der Waals surface area (Å²) in [6, 6.07) is 1.98. The van der Waals surface area contributed by atoms with Gasteiger partial charge in [0.1, 0.15) is 5.52 Å². The molecule has 0 atom stereocenters. The van der Waals surface area contributed by atoms with E-state index in [-0.39, 0.29) is 5.97 Å². The van der Waals surface area contributed by atoms with E-state index in [1.807, 2.05) is 16.8 Å². The summed E-state index contributed by atoms with van der Waals surface area (Å²) in [5.41, 5.74) is 1.03. The number of anilines is 1. The number of fused-ring (bicyclic) bond motifs is 1. The molecule has 3 heterocycles. The summed E-state index contributed by atoms with van der Waals surface area (Å²) in [5, 5.41) is 4.24. The van der Waals surface area contributed by atoms with Crippen molar-refractivity contribution in [2.45, 2.75) is 6.42 Å². The molecule has 7 nitrogen and oxygen atoms in total. The number of carbonyl (C=O) groups is 1. The Hall–Kier alpha value is -2.15. The summed E-state index contributed by atoms with van der Waals surface area (Å²) in [6.07, 6.45) is 5.87. The van der Waals surface area contributed by atoms with E-state index >= 15 is 0 Å². The van der Waals surface area contributed by atoms with Gasteiger partial charge in [0, 0.05) is 45.1 Å². The Kier molecular flexibility index (Phi) is 4.01. The molecule has 0 bridgehead atoms. The Morgan fingerprint density at radius 2 is 2.10 bits per heavy atom. The molecule has 7 heteroatoms. The summed E-state index contributed by atoms with van der Waals surface area (Å²) >= 11 is 0. The van der Waals surface area contributed by atoms with Gasteiger partial charge in [0.05, 0.1) is 19.7 Å². The Labute approximate surface area is 123 Å². The second-order valence-corrected chi connectivity index (χ2v) is 5.07. The number of methoxy groups -OCH3 is 1. The van der Waals surface area contributed by atoms with Crippen LogP contribution < -0.4 is 4.90 Å². The van der Waals surface area contributed by atoms with Crippen molar-refractivity contribution in [3.63, 3.8) is 0 Å². The summed E-state index contributed by atoms with van der Waals surface area (Å²) in [4.78, 5) is 20.2. The van der Waals surface area contributed by atoms with Crippen LogP contribution in [0.3, 0.4) is 0 Å². The van der Waals surface area contributed by atoms with Gasteiger partial charge in [0.15, 0.2) is 5.82 Å². The van der Waals surface area contributed by atoms with Gasteiger partial charge in [0.2, 0.25) is 0 Å². The van der Waals surface area contributed by atoms with Gasteiger partial charge in [-0.15, -0.1) is 0 Å². The topological polar surface area (TPSA) is 63.0 Å². The van der Waals surface area contributed by atoms with Crippen molar-refractivity contribution < 1.29 is 9.53 Å². The molecule has 1 saturated heterocycles. The largest absolute Gasteiger partial charge is 0.469 e. The first-order chi connectivity index (χ1) is 10.3. The third-order valence-corrected chi connectivity index (χ3v) is 3.84. The second kappa shape index (κ2) is 6.09. The predicted octanol–water partition coefficient (Wildman–Crippen LogP) is 0.414. The van der Waals surface area contributed by atoms with Crippen LogP contribution in [0.15, 0.2) is 24.7 Å². The van der Waals surface area contributed by atoms with Crippen LogP contribution >= 0.6 is 0 Å². The first kappa shape index (κ1) is 13.8. The van der Waals surface area contributed by atoms with Crippen molar-refractivity contribution in [2.75, 3.05) is 44.7 Å². The molecule has 0 radical (unpaired) electrons. The number of hydrogen-bond donors (Lipinski definition) is 0. The summed E-state index contributed by atoms with van der Waals surface area (Å²) in [7, 11) is 1.43. The van der Waals surface area contributed by atoms with Crippen LogP contribution in [0.1, 0.15) is 6.42 Å². The van der Waals surface area contributed by atoms with Gasteiger partial charge in [-0.05, 0) is 6.07 Å². The van der Waals surface area contributed by atoms with Crippen LogP contribution in [0.25, 0.3) is 5.52 Å². The highest BCUT2D eigenvalue weighted by molar-refractivity contribution is 5.69. The lowest BCUT2D eigenvalue weighted by Gasteiger charge is -2.35. The van der Waals surface area contributed by atoms with Gasteiger partial charge in [-0.25, -0.2) is 9.50 Å². The summed E-state index contributed by atoms with van der Waals surface area (Å²) in [6.45, 7) is 4.41. The number of esters is 1. The SMILES string of the molecule is COC(=O)CCN1CCN(c2nccn3nccc23)CC1. The number of ether oxygens (including phenoxy) is 1. The van der Waals surface area contributed by atoms with Gasteiger partial charge in [-0.2, -0.15) is 5.10 Å². The molecule has 3 rings (SSSR count). The maximum atomic E-state index is 11.2. The van der Waals surface area contributed by atoms with E-state index in [2.05, 4.69) is 24.6 Å². The number of hydrogen-bond acceptors (Lipinski definition) is 6. The minimum Gasteiger partial charge on any atom is -0.469 e. The third kappa shape index (κ3) is 2.97. The molecule has 1 aliphatic heterocycles. The molecule has 2 aromatic rings. The molecule has 21 heavy (non-hydrogen) atoms. The molecule has 2 aromatic heterocycles. The molecular formula is C14H19N5O2. The van der Waals surface area contributed by atoms with E-state index in [1.54, 1.807) is 12.4 Å². The summed E-state index contributed by atoms with van der Waals surface area (Å²) < 4.78 is 6.51. The van der Waals surface area contributed by atoms with Gasteiger partial charge in [-0.1, -0.05) is 0 Å². The summed E-state index contributed by atoms with van der Waals surface area (Å²) in [5.74, 6) is 0.825. The van der Waals surface area contributed by atoms with Crippen LogP contribution in [0, 0.1) is 0 Å². The van der Waals surface area contributed by atoms with Crippen molar-refractivity contribution in [1.29, 1.82) is 0 Å². The molecular weight excluding hydrogens is 270 g/mol. The number of aromatic nitrogens is 3. The predicted molar refractivity (Wildman–Crippen MR) is 78.3 cm³/mol. The highest BCUT2D eigenvalue weighted by Gasteiger charge is 2.20. The Balaban J connectivity index is 1.61. The average molecular weight is 289 g/mol. The molecule has 0 aromatic carbocycles. The molecule has 1 fully saturated rings. The molecule has 0 unspecified atom stereocenters. The Morgan fingerprint density at radius 3 is 2.86 bits per heavy atom. The molecule has 0 N–H and O–H groups in total. The Bertz CT molecular complexity index is 619. The fraction of sp³-hybridized carbons (Fsp3) is 0.500. The smallest absolute Gasteiger partial charge is 0.306 e. The number of rotatable bonds is 4. The number of carbonyl (C=O) groups excluding carboxylic acids is 1. The second-order valence-electron chi connectivity index (χ2n) is 5.07. The molecule has 0 spiro atoms. The third-order valence-electron chi connectivity index (χ3n) is 3.84. The van der Waals surface area contributed by atoms with Crippen LogP contribution in [-0.2, 0) is 9.53 Å². The van der Waals surface area contributed by atoms with Crippen LogP contribution in [0.5, 0.6) is 0 Å². The highest BCUT2D eigenvalue weighted by atomic mass is 16.5. The minimum atomic E-state index is -0.150. The quantitative estimate of drug-likeness (QED) is 0.760. The zero-order valence-electron chi connectivity index (χ0n) is 12.1. The van der Waals surface area contributed by atoms with Crippen molar-refractivity contribution >= 4 is 17.3 Å². The van der Waals surface area contributed by atoms with E-state index < -0.39 is 0 Å². The standard InChI is InChI=1S/C14H19N5O2/c1-21-13(20)3-6-17-8-10-18(11-9-17)14-12-2-4-16-19(12)7-5-15-14/h2,4-5,7H,3,6,8-11H2,1H3. The van der Waals surface area contributed by atoms with E-state index in [0.29, 0.717) is 6.42 Å². The maximum Gasteiger partial charge on any atom is 0.306 e.